The predicted molar refractivity (Wildman–Crippen MR) is 46.6 cm³/mol. The third kappa shape index (κ3) is 9.43. The van der Waals surface area contributed by atoms with E-state index in [0.29, 0.717) is 0 Å². The lowest BCUT2D eigenvalue weighted by Crippen LogP contribution is -1.70. The molecule has 0 atom stereocenters. The van der Waals surface area contributed by atoms with E-state index < -0.39 is 0 Å². The van der Waals surface area contributed by atoms with Gasteiger partial charge < -0.3 is 0 Å². The highest BCUT2D eigenvalue weighted by Crippen LogP contribution is 1.93. The van der Waals surface area contributed by atoms with Crippen molar-refractivity contribution in [2.24, 2.45) is 0 Å². The third-order valence-electron chi connectivity index (χ3n) is 1.07. The Kier molecular flexibility index (Phi) is 8.94. The van der Waals surface area contributed by atoms with Crippen molar-refractivity contribution in [2.45, 2.75) is 26.2 Å². The minimum atomic E-state index is 0.827. The largest absolute Gasteiger partial charge is 0.198 e. The first-order valence-electron chi connectivity index (χ1n) is 3.77. The van der Waals surface area contributed by atoms with Gasteiger partial charge in [-0.25, -0.2) is 0 Å². The van der Waals surface area contributed by atoms with Crippen LogP contribution in [-0.4, -0.2) is 21.3 Å². The minimum Gasteiger partial charge on any atom is -0.198 e. The molecule has 0 saturated heterocycles. The van der Waals surface area contributed by atoms with Crippen LogP contribution in [0.15, 0.2) is 12.4 Å². The maximum Gasteiger partial charge on any atom is 0.0690 e. The Labute approximate surface area is 72.2 Å². The Morgan fingerprint density at radius 2 is 1.91 bits per heavy atom. The van der Waals surface area contributed by atoms with Crippen LogP contribution in [0.4, 0.5) is 0 Å². The Bertz CT molecular complexity index is 109. The molecule has 0 aliphatic rings. The number of unbranched alkanes of at least 4 members (excludes halogenated alkanes) is 2. The fourth-order valence-corrected chi connectivity index (χ4v) is 0.700. The lowest BCUT2D eigenvalue weighted by molar-refractivity contribution is 0.776. The molecule has 1 rings (SSSR count). The number of nitrogens with zero attached hydrogens (tertiary/aromatic N) is 2. The second-order valence-corrected chi connectivity index (χ2v) is 2.43. The molecule has 64 valence electrons. The number of hydrogen-bond donors (Lipinski definition) is 1. The van der Waals surface area contributed by atoms with Gasteiger partial charge in [-0.1, -0.05) is 19.8 Å². The monoisotopic (exact) mass is 175 g/mol. The summed E-state index contributed by atoms with van der Waals surface area (Å²) < 4.78 is 0. The highest BCUT2D eigenvalue weighted by atomic mass is 35.5. The van der Waals surface area contributed by atoms with Crippen molar-refractivity contribution in [1.82, 2.24) is 15.4 Å². The molecule has 0 saturated carbocycles. The zero-order valence-electron chi connectivity index (χ0n) is 6.76. The van der Waals surface area contributed by atoms with Crippen molar-refractivity contribution < 1.29 is 0 Å². The number of nitrogens with one attached hydrogen (secondary N) is 1. The molecule has 0 fully saturated rings. The van der Waals surface area contributed by atoms with Gasteiger partial charge in [-0.15, -0.1) is 11.6 Å². The van der Waals surface area contributed by atoms with Crippen LogP contribution in [0, 0.1) is 0 Å². The Morgan fingerprint density at radius 1 is 1.27 bits per heavy atom. The summed E-state index contributed by atoms with van der Waals surface area (Å²) in [4.78, 5) is 0. The van der Waals surface area contributed by atoms with E-state index in [0.717, 1.165) is 5.88 Å². The third-order valence-corrected chi connectivity index (χ3v) is 1.34. The molecule has 0 aromatic carbocycles. The van der Waals surface area contributed by atoms with Crippen LogP contribution in [-0.2, 0) is 0 Å². The number of halogens is 1. The Morgan fingerprint density at radius 3 is 2.09 bits per heavy atom. The fourth-order valence-electron chi connectivity index (χ4n) is 0.511. The standard InChI is InChI=1S/C5H11Cl.C2H3N3/c1-2-3-4-5-6;1-2-4-5-3-1/h2-5H2,1H3;1-2H,(H,3,4,5). The van der Waals surface area contributed by atoms with Crippen molar-refractivity contribution in [1.29, 1.82) is 0 Å². The quantitative estimate of drug-likeness (QED) is 0.566. The first kappa shape index (κ1) is 10.4. The van der Waals surface area contributed by atoms with Crippen LogP contribution in [0.25, 0.3) is 0 Å². The molecule has 0 unspecified atom stereocenters. The maximum atomic E-state index is 5.38. The van der Waals surface area contributed by atoms with Gasteiger partial charge in [0.05, 0.1) is 12.4 Å². The zero-order chi connectivity index (χ0) is 8.36. The molecule has 0 aliphatic carbocycles. The number of aromatic amines is 1. The van der Waals surface area contributed by atoms with E-state index in [2.05, 4.69) is 22.3 Å². The van der Waals surface area contributed by atoms with Gasteiger partial charge in [0.1, 0.15) is 0 Å². The fraction of sp³-hybridized carbons (Fsp3) is 0.714. The minimum absolute atomic E-state index is 0.827. The zero-order valence-corrected chi connectivity index (χ0v) is 7.51. The SMILES string of the molecule is CCCCCCl.c1cn[nH]n1. The number of aromatic nitrogens is 3. The van der Waals surface area contributed by atoms with Gasteiger partial charge in [0.15, 0.2) is 0 Å². The molecular weight excluding hydrogens is 162 g/mol. The van der Waals surface area contributed by atoms with Gasteiger partial charge in [-0.3, -0.25) is 0 Å². The van der Waals surface area contributed by atoms with Gasteiger partial charge in [0.25, 0.3) is 0 Å². The molecule has 3 nitrogen and oxygen atoms in total. The van der Waals surface area contributed by atoms with Crippen molar-refractivity contribution in [2.75, 3.05) is 5.88 Å². The van der Waals surface area contributed by atoms with Crippen LogP contribution < -0.4 is 0 Å². The molecule has 1 aromatic rings. The predicted octanol–water partition coefficient (Wildman–Crippen LogP) is 2.22. The van der Waals surface area contributed by atoms with Crippen molar-refractivity contribution >= 4 is 11.6 Å². The normalized spacial score (nSPS) is 8.55. The number of alkyl halides is 1. The van der Waals surface area contributed by atoms with E-state index in [-0.39, 0.29) is 0 Å². The number of H-pyrrole nitrogens is 1. The van der Waals surface area contributed by atoms with Crippen molar-refractivity contribution in [3.05, 3.63) is 12.4 Å². The van der Waals surface area contributed by atoms with Gasteiger partial charge in [0.2, 0.25) is 0 Å². The number of hydrogen-bond acceptors (Lipinski definition) is 2. The highest BCUT2D eigenvalue weighted by Gasteiger charge is 1.76. The summed E-state index contributed by atoms with van der Waals surface area (Å²) in [6, 6.07) is 0. The first-order valence-corrected chi connectivity index (χ1v) is 4.31. The van der Waals surface area contributed by atoms with Crippen molar-refractivity contribution in [3.8, 4) is 0 Å². The highest BCUT2D eigenvalue weighted by molar-refractivity contribution is 6.17. The Balaban J connectivity index is 0.000000183. The van der Waals surface area contributed by atoms with E-state index in [1.807, 2.05) is 0 Å². The molecule has 0 bridgehead atoms. The van der Waals surface area contributed by atoms with Gasteiger partial charge in [-0.05, 0) is 6.42 Å². The molecule has 0 spiro atoms. The van der Waals surface area contributed by atoms with Crippen molar-refractivity contribution in [3.63, 3.8) is 0 Å². The van der Waals surface area contributed by atoms with Crippen LogP contribution in [0.5, 0.6) is 0 Å². The first-order chi connectivity index (χ1) is 5.41. The smallest absolute Gasteiger partial charge is 0.0690 e. The molecule has 1 aromatic heterocycles. The van der Waals surface area contributed by atoms with Gasteiger partial charge in [0, 0.05) is 5.88 Å². The second kappa shape index (κ2) is 9.43. The van der Waals surface area contributed by atoms with Gasteiger partial charge in [-0.2, -0.15) is 15.4 Å². The van der Waals surface area contributed by atoms with E-state index in [4.69, 9.17) is 11.6 Å². The van der Waals surface area contributed by atoms with E-state index in [1.165, 1.54) is 19.3 Å². The summed E-state index contributed by atoms with van der Waals surface area (Å²) in [5, 5.41) is 9.33. The molecule has 0 amide bonds. The van der Waals surface area contributed by atoms with E-state index >= 15 is 0 Å². The van der Waals surface area contributed by atoms with E-state index in [9.17, 15) is 0 Å². The summed E-state index contributed by atoms with van der Waals surface area (Å²) >= 11 is 5.38. The van der Waals surface area contributed by atoms with Gasteiger partial charge >= 0.3 is 0 Å². The molecule has 1 heterocycles. The van der Waals surface area contributed by atoms with E-state index in [1.54, 1.807) is 12.4 Å². The Hall–Kier alpha value is -0.570. The molecule has 0 radical (unpaired) electrons. The summed E-state index contributed by atoms with van der Waals surface area (Å²) in [6.07, 6.45) is 6.90. The lowest BCUT2D eigenvalue weighted by atomic mass is 10.3. The maximum absolute atomic E-state index is 5.38. The second-order valence-electron chi connectivity index (χ2n) is 2.05. The summed E-state index contributed by atoms with van der Waals surface area (Å²) in [7, 11) is 0. The van der Waals surface area contributed by atoms with Crippen LogP contribution in [0.2, 0.25) is 0 Å². The van der Waals surface area contributed by atoms with Crippen LogP contribution in [0.1, 0.15) is 26.2 Å². The summed E-state index contributed by atoms with van der Waals surface area (Å²) in [5.41, 5.74) is 0. The van der Waals surface area contributed by atoms with Crippen LogP contribution >= 0.6 is 11.6 Å². The molecule has 1 N–H and O–H groups in total. The average molecular weight is 176 g/mol. The summed E-state index contributed by atoms with van der Waals surface area (Å²) in [5.74, 6) is 0.827. The topological polar surface area (TPSA) is 41.6 Å². The molecule has 11 heavy (non-hydrogen) atoms. The molecular formula is C7H14ClN3. The van der Waals surface area contributed by atoms with Crippen LogP contribution in [0.3, 0.4) is 0 Å². The summed E-state index contributed by atoms with van der Waals surface area (Å²) in [6.45, 7) is 2.17. The number of rotatable bonds is 3. The molecule has 0 aliphatic heterocycles. The molecule has 4 heteroatoms. The average Bonchev–Trinajstić information content (AvgIpc) is 2.57. The lowest BCUT2D eigenvalue weighted by Gasteiger charge is -1.84.